The summed E-state index contributed by atoms with van der Waals surface area (Å²) in [4.78, 5) is 2.54. The van der Waals surface area contributed by atoms with Crippen LogP contribution in [0.2, 0.25) is 0 Å². The van der Waals surface area contributed by atoms with Crippen molar-refractivity contribution in [2.24, 2.45) is 5.92 Å². The molecule has 0 amide bonds. The van der Waals surface area contributed by atoms with Gasteiger partial charge in [-0.3, -0.25) is 0 Å². The molecule has 3 heteroatoms. The zero-order chi connectivity index (χ0) is 41.6. The normalized spacial score (nSPS) is 16.8. The Morgan fingerprint density at radius 2 is 1.29 bits per heavy atom. The number of hydrogen-bond donors (Lipinski definition) is 0. The molecule has 0 aliphatic heterocycles. The Morgan fingerprint density at radius 1 is 0.571 bits per heavy atom. The van der Waals surface area contributed by atoms with Gasteiger partial charge < -0.3 is 9.32 Å². The number of hydrogen-bond acceptors (Lipinski definition) is 3. The number of benzene rings is 9. The summed E-state index contributed by atoms with van der Waals surface area (Å²) in [7, 11) is 0. The second kappa shape index (κ2) is 14.0. The van der Waals surface area contributed by atoms with Crippen LogP contribution in [0.15, 0.2) is 222 Å². The fraction of sp³-hybridized carbons (Fsp3) is 0.0667. The maximum absolute atomic E-state index is 6.63. The van der Waals surface area contributed by atoms with E-state index < -0.39 is 5.41 Å². The molecule has 2 aliphatic rings. The van der Waals surface area contributed by atoms with Crippen molar-refractivity contribution in [3.05, 3.63) is 235 Å². The standard InChI is InChI=1S/C60H41NOS/c1-38-16-5-10-25-49(38)60(41-18-3-2-4-19-41)50-26-11-8-22-47(50)57-51(60)27-15-28-52(57)61(53-29-13-24-46-45-21-9-12-31-55(45)63-59(46)53)42-35-32-40(33-36-42)43-23-14-30-54-56(43)48-37-34-39-17-6-7-20-44(39)58(48)62-54/h2-15,17-38H,16H2,1H3. The summed E-state index contributed by atoms with van der Waals surface area (Å²) in [5.41, 5.74) is 15.1. The van der Waals surface area contributed by atoms with Gasteiger partial charge in [-0.05, 0) is 99.1 Å². The first-order chi connectivity index (χ1) is 31.2. The van der Waals surface area contributed by atoms with E-state index in [1.165, 1.54) is 70.3 Å². The molecule has 0 N–H and O–H groups in total. The van der Waals surface area contributed by atoms with Crippen molar-refractivity contribution in [1.82, 2.24) is 0 Å². The fourth-order valence-electron chi connectivity index (χ4n) is 11.1. The van der Waals surface area contributed by atoms with Gasteiger partial charge >= 0.3 is 0 Å². The molecule has 13 rings (SSSR count). The third-order valence-corrected chi connectivity index (χ3v) is 15.0. The second-order valence-corrected chi connectivity index (χ2v) is 18.2. The maximum Gasteiger partial charge on any atom is 0.143 e. The highest BCUT2D eigenvalue weighted by Gasteiger charge is 2.49. The molecule has 0 saturated carbocycles. The van der Waals surface area contributed by atoms with Crippen LogP contribution in [0.25, 0.3) is 75.1 Å². The molecule has 2 aliphatic carbocycles. The van der Waals surface area contributed by atoms with Crippen molar-refractivity contribution in [3.8, 4) is 22.3 Å². The van der Waals surface area contributed by atoms with Gasteiger partial charge in [0, 0.05) is 42.9 Å². The van der Waals surface area contributed by atoms with Gasteiger partial charge in [-0.1, -0.05) is 177 Å². The number of fused-ring (bicyclic) bond motifs is 11. The SMILES string of the molecule is CC1CC=CC=C1C1(c2ccccc2)c2ccccc2-c2c(N(c3ccc(-c4cccc5oc6c7ccccc7ccc6c45)cc3)c3cccc4c3sc3ccccc34)cccc21. The quantitative estimate of drug-likeness (QED) is 0.166. The second-order valence-electron chi connectivity index (χ2n) is 17.1. The molecule has 0 spiro atoms. The largest absolute Gasteiger partial charge is 0.455 e. The third-order valence-electron chi connectivity index (χ3n) is 13.8. The van der Waals surface area contributed by atoms with Crippen LogP contribution >= 0.6 is 11.3 Å². The lowest BCUT2D eigenvalue weighted by atomic mass is 9.63. The summed E-state index contributed by atoms with van der Waals surface area (Å²) in [5.74, 6) is 0.365. The van der Waals surface area contributed by atoms with Crippen molar-refractivity contribution in [2.75, 3.05) is 4.90 Å². The van der Waals surface area contributed by atoms with Gasteiger partial charge in [0.2, 0.25) is 0 Å². The minimum Gasteiger partial charge on any atom is -0.455 e. The van der Waals surface area contributed by atoms with Crippen LogP contribution < -0.4 is 4.90 Å². The maximum atomic E-state index is 6.63. The summed E-state index contributed by atoms with van der Waals surface area (Å²) >= 11 is 1.88. The molecule has 298 valence electrons. The predicted octanol–water partition coefficient (Wildman–Crippen LogP) is 17.1. The van der Waals surface area contributed by atoms with Crippen LogP contribution in [0.5, 0.6) is 0 Å². The number of anilines is 3. The minimum absolute atomic E-state index is 0.365. The zero-order valence-corrected chi connectivity index (χ0v) is 35.6. The molecule has 2 atom stereocenters. The van der Waals surface area contributed by atoms with Crippen LogP contribution in [-0.2, 0) is 5.41 Å². The molecule has 2 nitrogen and oxygen atoms in total. The molecule has 0 fully saturated rings. The van der Waals surface area contributed by atoms with Gasteiger partial charge in [-0.25, -0.2) is 0 Å². The van der Waals surface area contributed by atoms with Gasteiger partial charge in [0.15, 0.2) is 0 Å². The molecule has 11 aromatic rings. The van der Waals surface area contributed by atoms with Crippen molar-refractivity contribution < 1.29 is 4.42 Å². The predicted molar refractivity (Wildman–Crippen MR) is 267 cm³/mol. The molecular weight excluding hydrogens is 783 g/mol. The van der Waals surface area contributed by atoms with E-state index in [0.717, 1.165) is 50.6 Å². The van der Waals surface area contributed by atoms with Crippen molar-refractivity contribution >= 4 is 81.3 Å². The van der Waals surface area contributed by atoms with Gasteiger partial charge in [0.25, 0.3) is 0 Å². The van der Waals surface area contributed by atoms with E-state index in [0.29, 0.717) is 5.92 Å². The fourth-order valence-corrected chi connectivity index (χ4v) is 12.3. The number of allylic oxidation sites excluding steroid dienone is 4. The van der Waals surface area contributed by atoms with Crippen LogP contribution in [0.3, 0.4) is 0 Å². The topological polar surface area (TPSA) is 16.4 Å². The Hall–Kier alpha value is -7.46. The molecule has 0 radical (unpaired) electrons. The molecule has 9 aromatic carbocycles. The van der Waals surface area contributed by atoms with Crippen LogP contribution in [0.1, 0.15) is 30.0 Å². The molecule has 63 heavy (non-hydrogen) atoms. The summed E-state index contributed by atoms with van der Waals surface area (Å²) in [6.07, 6.45) is 8.01. The lowest BCUT2D eigenvalue weighted by Gasteiger charge is -2.39. The smallest absolute Gasteiger partial charge is 0.143 e. The van der Waals surface area contributed by atoms with Crippen LogP contribution in [0.4, 0.5) is 17.1 Å². The van der Waals surface area contributed by atoms with E-state index in [1.54, 1.807) is 0 Å². The first-order valence-electron chi connectivity index (χ1n) is 22.0. The molecule has 2 aromatic heterocycles. The average Bonchev–Trinajstić information content (AvgIpc) is 4.02. The summed E-state index contributed by atoms with van der Waals surface area (Å²) in [6, 6.07) is 71.7. The third kappa shape index (κ3) is 5.24. The van der Waals surface area contributed by atoms with Crippen LogP contribution in [0, 0.1) is 5.92 Å². The highest BCUT2D eigenvalue weighted by atomic mass is 32.1. The Kier molecular flexibility index (Phi) is 8.07. The highest BCUT2D eigenvalue weighted by Crippen LogP contribution is 2.61. The molecule has 0 bridgehead atoms. The average molecular weight is 824 g/mol. The van der Waals surface area contributed by atoms with E-state index in [-0.39, 0.29) is 0 Å². The van der Waals surface area contributed by atoms with E-state index >= 15 is 0 Å². The molecule has 2 unspecified atom stereocenters. The van der Waals surface area contributed by atoms with Gasteiger partial charge in [0.05, 0.1) is 21.5 Å². The van der Waals surface area contributed by atoms with Crippen LogP contribution in [-0.4, -0.2) is 0 Å². The number of rotatable bonds is 6. The Bertz CT molecular complexity index is 3680. The lowest BCUT2D eigenvalue weighted by Crippen LogP contribution is -2.33. The lowest BCUT2D eigenvalue weighted by molar-refractivity contribution is 0.576. The van der Waals surface area contributed by atoms with Crippen molar-refractivity contribution in [1.29, 1.82) is 0 Å². The number of thiophene rings is 1. The first kappa shape index (κ1) is 36.2. The van der Waals surface area contributed by atoms with E-state index in [4.69, 9.17) is 4.42 Å². The first-order valence-corrected chi connectivity index (χ1v) is 22.8. The highest BCUT2D eigenvalue weighted by molar-refractivity contribution is 7.26. The Balaban J connectivity index is 1.06. The zero-order valence-electron chi connectivity index (χ0n) is 34.8. The van der Waals surface area contributed by atoms with Gasteiger partial charge in [-0.2, -0.15) is 0 Å². The monoisotopic (exact) mass is 823 g/mol. The van der Waals surface area contributed by atoms with Crippen molar-refractivity contribution in [3.63, 3.8) is 0 Å². The summed E-state index contributed by atoms with van der Waals surface area (Å²) in [6.45, 7) is 2.40. The molecular formula is C60H41NOS. The summed E-state index contributed by atoms with van der Waals surface area (Å²) < 4.78 is 9.19. The van der Waals surface area contributed by atoms with Gasteiger partial charge in [0.1, 0.15) is 11.2 Å². The Morgan fingerprint density at radius 3 is 2.17 bits per heavy atom. The van der Waals surface area contributed by atoms with E-state index in [1.807, 2.05) is 11.3 Å². The number of nitrogens with zero attached hydrogens (tertiary/aromatic N) is 1. The van der Waals surface area contributed by atoms with Gasteiger partial charge in [-0.15, -0.1) is 11.3 Å². The molecule has 2 heterocycles. The van der Waals surface area contributed by atoms with E-state index in [9.17, 15) is 0 Å². The molecule has 0 saturated heterocycles. The van der Waals surface area contributed by atoms with Crippen molar-refractivity contribution in [2.45, 2.75) is 18.8 Å². The van der Waals surface area contributed by atoms with E-state index in [2.05, 4.69) is 224 Å². The minimum atomic E-state index is -0.454. The Labute approximate surface area is 370 Å². The summed E-state index contributed by atoms with van der Waals surface area (Å²) in [5, 5.41) is 7.17. The number of furan rings is 1.